The maximum absolute atomic E-state index is 13.5. The zero-order valence-electron chi connectivity index (χ0n) is 23.8. The van der Waals surface area contributed by atoms with Crippen LogP contribution in [0, 0.1) is 12.7 Å². The number of aliphatic hydroxyl groups is 1. The molecule has 1 aliphatic heterocycles. The smallest absolute Gasteiger partial charge is 0.301 e. The third kappa shape index (κ3) is 6.63. The number of amides is 1. The molecule has 45 heavy (non-hydrogen) atoms. The predicted octanol–water partition coefficient (Wildman–Crippen LogP) is 8.14. The first kappa shape index (κ1) is 30.5. The van der Waals surface area contributed by atoms with E-state index >= 15 is 0 Å². The Morgan fingerprint density at radius 1 is 1.00 bits per heavy atom. The number of ketones is 1. The number of ether oxygens (including phenoxy) is 1. The third-order valence-electron chi connectivity index (χ3n) is 7.27. The first-order valence-electron chi connectivity index (χ1n) is 13.8. The Labute approximate surface area is 272 Å². The lowest BCUT2D eigenvalue weighted by molar-refractivity contribution is -0.132. The highest BCUT2D eigenvalue weighted by atomic mass is 35.5. The van der Waals surface area contributed by atoms with Gasteiger partial charge in [-0.05, 0) is 77.7 Å². The average Bonchev–Trinajstić information content (AvgIpc) is 3.62. The lowest BCUT2D eigenvalue weighted by Crippen LogP contribution is -2.29. The number of halogens is 2. The van der Waals surface area contributed by atoms with Gasteiger partial charge >= 0.3 is 5.91 Å². The van der Waals surface area contributed by atoms with E-state index in [1.54, 1.807) is 60.7 Å². The number of thioether (sulfide) groups is 1. The first-order chi connectivity index (χ1) is 21.8. The molecule has 1 fully saturated rings. The Kier molecular flexibility index (Phi) is 8.97. The molecule has 4 aromatic carbocycles. The number of carbonyl (C=O) groups excluding carboxylic acids is 2. The van der Waals surface area contributed by atoms with Crippen LogP contribution in [0.1, 0.15) is 33.9 Å². The van der Waals surface area contributed by atoms with Crippen LogP contribution in [-0.4, -0.2) is 27.0 Å². The minimum absolute atomic E-state index is 0.0911. The van der Waals surface area contributed by atoms with Gasteiger partial charge in [-0.1, -0.05) is 83.2 Å². The number of aliphatic hydroxyl groups excluding tert-OH is 1. The van der Waals surface area contributed by atoms with Crippen LogP contribution < -0.4 is 9.64 Å². The lowest BCUT2D eigenvalue weighted by atomic mass is 9.95. The van der Waals surface area contributed by atoms with Crippen LogP contribution in [0.5, 0.6) is 5.75 Å². The van der Waals surface area contributed by atoms with Gasteiger partial charge in [-0.3, -0.25) is 14.5 Å². The van der Waals surface area contributed by atoms with Crippen molar-refractivity contribution < 1.29 is 23.8 Å². The summed E-state index contributed by atoms with van der Waals surface area (Å²) in [7, 11) is 0. The van der Waals surface area contributed by atoms with Gasteiger partial charge in [-0.15, -0.1) is 10.2 Å². The number of aryl methyl sites for hydroxylation is 1. The van der Waals surface area contributed by atoms with Crippen molar-refractivity contribution >= 4 is 57.3 Å². The molecule has 11 heteroatoms. The molecule has 0 spiro atoms. The molecule has 2 heterocycles. The Hall–Kier alpha value is -4.51. The van der Waals surface area contributed by atoms with Gasteiger partial charge in [0.1, 0.15) is 23.9 Å². The number of rotatable bonds is 9. The van der Waals surface area contributed by atoms with Crippen molar-refractivity contribution in [3.8, 4) is 5.75 Å². The number of hydrogen-bond donors (Lipinski definition) is 1. The van der Waals surface area contributed by atoms with E-state index < -0.39 is 17.7 Å². The normalized spacial score (nSPS) is 15.9. The van der Waals surface area contributed by atoms with E-state index in [-0.39, 0.29) is 22.3 Å². The molecular weight excluding hydrogens is 633 g/mol. The Morgan fingerprint density at radius 2 is 1.76 bits per heavy atom. The van der Waals surface area contributed by atoms with Gasteiger partial charge in [0, 0.05) is 16.3 Å². The van der Waals surface area contributed by atoms with Crippen LogP contribution in [0.15, 0.2) is 107 Å². The summed E-state index contributed by atoms with van der Waals surface area (Å²) in [6.07, 6.45) is 0. The maximum atomic E-state index is 13.5. The summed E-state index contributed by atoms with van der Waals surface area (Å²) in [6, 6.07) is 26.5. The summed E-state index contributed by atoms with van der Waals surface area (Å²) in [6.45, 7) is 2.39. The van der Waals surface area contributed by atoms with Crippen LogP contribution >= 0.6 is 34.7 Å². The van der Waals surface area contributed by atoms with Gasteiger partial charge in [-0.25, -0.2) is 4.39 Å². The highest BCUT2D eigenvalue weighted by Crippen LogP contribution is 2.44. The summed E-state index contributed by atoms with van der Waals surface area (Å²) in [5, 5.41) is 20.5. The summed E-state index contributed by atoms with van der Waals surface area (Å²) >= 11 is 8.83. The second-order valence-electron chi connectivity index (χ2n) is 10.2. The number of aromatic nitrogens is 2. The van der Waals surface area contributed by atoms with E-state index in [4.69, 9.17) is 16.3 Å². The number of anilines is 1. The summed E-state index contributed by atoms with van der Waals surface area (Å²) in [4.78, 5) is 28.3. The van der Waals surface area contributed by atoms with E-state index in [0.29, 0.717) is 38.6 Å². The van der Waals surface area contributed by atoms with Gasteiger partial charge in [0.15, 0.2) is 4.34 Å². The van der Waals surface area contributed by atoms with Gasteiger partial charge in [0.25, 0.3) is 5.78 Å². The van der Waals surface area contributed by atoms with Crippen molar-refractivity contribution in [2.45, 2.75) is 29.7 Å². The molecule has 0 bridgehead atoms. The van der Waals surface area contributed by atoms with Crippen molar-refractivity contribution in [2.24, 2.45) is 0 Å². The number of carbonyl (C=O) groups is 2. The van der Waals surface area contributed by atoms with Crippen LogP contribution in [0.2, 0.25) is 5.02 Å². The van der Waals surface area contributed by atoms with Gasteiger partial charge in [-0.2, -0.15) is 0 Å². The molecule has 0 saturated carbocycles. The Morgan fingerprint density at radius 3 is 2.49 bits per heavy atom. The summed E-state index contributed by atoms with van der Waals surface area (Å²) in [5.74, 6) is -1.25. The lowest BCUT2D eigenvalue weighted by Gasteiger charge is -2.22. The molecule has 5 aromatic rings. The highest BCUT2D eigenvalue weighted by Gasteiger charge is 2.48. The van der Waals surface area contributed by atoms with Crippen LogP contribution in [-0.2, 0) is 21.9 Å². The van der Waals surface area contributed by atoms with Crippen molar-refractivity contribution in [1.82, 2.24) is 10.2 Å². The molecule has 1 N–H and O–H groups in total. The standard InChI is InChI=1S/C34H25ClFN3O4S2/c1-20-5-2-3-6-24(20)18-43-27-15-11-22(12-16-27)30(40)28-29(23-7-4-8-25(35)17-23)39(32(42)31(28)41)33-37-38-34(45-33)44-19-21-9-13-26(36)14-10-21/h2-17,29,40H,18-19H2,1H3/b30-28+. The molecule has 1 aliphatic rings. The van der Waals surface area contributed by atoms with Crippen LogP contribution in [0.25, 0.3) is 5.76 Å². The minimum Gasteiger partial charge on any atom is -0.507 e. The second-order valence-corrected chi connectivity index (χ2v) is 12.8. The molecule has 1 aromatic heterocycles. The first-order valence-corrected chi connectivity index (χ1v) is 16.0. The van der Waals surface area contributed by atoms with E-state index in [1.807, 2.05) is 31.2 Å². The molecule has 226 valence electrons. The van der Waals surface area contributed by atoms with E-state index in [9.17, 15) is 19.1 Å². The fourth-order valence-corrected chi connectivity index (χ4v) is 6.93. The maximum Gasteiger partial charge on any atom is 0.301 e. The summed E-state index contributed by atoms with van der Waals surface area (Å²) in [5.41, 5.74) is 3.84. The zero-order valence-corrected chi connectivity index (χ0v) is 26.2. The quantitative estimate of drug-likeness (QED) is 0.0562. The van der Waals surface area contributed by atoms with Gasteiger partial charge in [0.2, 0.25) is 5.13 Å². The zero-order chi connectivity index (χ0) is 31.5. The third-order valence-corrected chi connectivity index (χ3v) is 9.63. The van der Waals surface area contributed by atoms with E-state index in [2.05, 4.69) is 10.2 Å². The highest BCUT2D eigenvalue weighted by molar-refractivity contribution is 8.00. The molecule has 1 amide bonds. The predicted molar refractivity (Wildman–Crippen MR) is 174 cm³/mol. The fraction of sp³-hybridized carbons (Fsp3) is 0.118. The Balaban J connectivity index is 1.30. The Bertz CT molecular complexity index is 1910. The molecule has 0 radical (unpaired) electrons. The van der Waals surface area contributed by atoms with Crippen molar-refractivity contribution in [3.05, 3.63) is 141 Å². The molecule has 6 rings (SSSR count). The molecule has 1 saturated heterocycles. The number of nitrogens with zero attached hydrogens (tertiary/aromatic N) is 3. The molecule has 1 atom stereocenters. The van der Waals surface area contributed by atoms with Gasteiger partial charge < -0.3 is 9.84 Å². The van der Waals surface area contributed by atoms with Gasteiger partial charge in [0.05, 0.1) is 11.6 Å². The largest absolute Gasteiger partial charge is 0.507 e. The minimum atomic E-state index is -0.997. The van der Waals surface area contributed by atoms with Crippen molar-refractivity contribution in [2.75, 3.05) is 4.90 Å². The molecule has 0 aliphatic carbocycles. The topological polar surface area (TPSA) is 92.6 Å². The SMILES string of the molecule is Cc1ccccc1COc1ccc(/C(O)=C2\C(=O)C(=O)N(c3nnc(SCc4ccc(F)cc4)s3)C2c2cccc(Cl)c2)cc1. The van der Waals surface area contributed by atoms with Crippen LogP contribution in [0.4, 0.5) is 9.52 Å². The second kappa shape index (κ2) is 13.2. The molecule has 7 nitrogen and oxygen atoms in total. The monoisotopic (exact) mass is 657 g/mol. The summed E-state index contributed by atoms with van der Waals surface area (Å²) < 4.78 is 19.8. The number of benzene rings is 4. The van der Waals surface area contributed by atoms with Crippen LogP contribution in [0.3, 0.4) is 0 Å². The average molecular weight is 658 g/mol. The van der Waals surface area contributed by atoms with E-state index in [0.717, 1.165) is 28.0 Å². The number of hydrogen-bond acceptors (Lipinski definition) is 8. The molecular formula is C34H25ClFN3O4S2. The van der Waals surface area contributed by atoms with Crippen molar-refractivity contribution in [1.29, 1.82) is 0 Å². The number of Topliss-reactive ketones (excluding diaryl/α,β-unsaturated/α-hetero) is 1. The van der Waals surface area contributed by atoms with Crippen molar-refractivity contribution in [3.63, 3.8) is 0 Å². The molecule has 1 unspecified atom stereocenters. The van der Waals surface area contributed by atoms with E-state index in [1.165, 1.54) is 28.8 Å². The fourth-order valence-electron chi connectivity index (χ4n) is 4.90.